The minimum Gasteiger partial charge on any atom is -0.352 e. The van der Waals surface area contributed by atoms with Gasteiger partial charge in [-0.1, -0.05) is 35.7 Å². The van der Waals surface area contributed by atoms with Gasteiger partial charge in [0, 0.05) is 11.1 Å². The highest BCUT2D eigenvalue weighted by Crippen LogP contribution is 2.44. The maximum Gasteiger partial charge on any atom is 0.264 e. The third-order valence-electron chi connectivity index (χ3n) is 6.10. The standard InChI is InChI=1S/C22H25ClN2O3S/c1-15-2-8-19(9-3-15)25(29(27,28)20-10-6-18(23)7-11-20)14-22(26)24-21-13-16-4-5-17(21)12-16/h2-3,6-11,16-17,21H,4-5,12-14H2,1H3,(H,24,26)/t16-,17-,21-/m0/s1. The van der Waals surface area contributed by atoms with E-state index < -0.39 is 10.0 Å². The number of nitrogens with one attached hydrogen (secondary N) is 1. The fourth-order valence-electron chi connectivity index (χ4n) is 4.56. The van der Waals surface area contributed by atoms with Gasteiger partial charge in [-0.2, -0.15) is 0 Å². The minimum atomic E-state index is -3.91. The largest absolute Gasteiger partial charge is 0.352 e. The van der Waals surface area contributed by atoms with E-state index in [9.17, 15) is 13.2 Å². The fraction of sp³-hybridized carbons (Fsp3) is 0.409. The molecule has 0 aromatic heterocycles. The molecule has 29 heavy (non-hydrogen) atoms. The molecule has 2 aliphatic carbocycles. The maximum atomic E-state index is 13.3. The first-order chi connectivity index (χ1) is 13.8. The Hall–Kier alpha value is -2.05. The second-order valence-corrected chi connectivity index (χ2v) is 10.4. The number of fused-ring (bicyclic) bond motifs is 2. The van der Waals surface area contributed by atoms with Crippen LogP contribution < -0.4 is 9.62 Å². The first-order valence-corrected chi connectivity index (χ1v) is 11.8. The van der Waals surface area contributed by atoms with Gasteiger partial charge in [0.25, 0.3) is 10.0 Å². The Morgan fingerprint density at radius 3 is 2.34 bits per heavy atom. The van der Waals surface area contributed by atoms with E-state index in [-0.39, 0.29) is 23.4 Å². The van der Waals surface area contributed by atoms with Crippen molar-refractivity contribution in [1.82, 2.24) is 5.32 Å². The molecule has 0 unspecified atom stereocenters. The predicted molar refractivity (Wildman–Crippen MR) is 115 cm³/mol. The molecule has 7 heteroatoms. The lowest BCUT2D eigenvalue weighted by molar-refractivity contribution is -0.120. The van der Waals surface area contributed by atoms with Crippen molar-refractivity contribution in [3.63, 3.8) is 0 Å². The van der Waals surface area contributed by atoms with Gasteiger partial charge < -0.3 is 5.32 Å². The molecule has 1 N–H and O–H groups in total. The number of rotatable bonds is 6. The zero-order valence-electron chi connectivity index (χ0n) is 16.3. The van der Waals surface area contributed by atoms with Crippen LogP contribution in [0.1, 0.15) is 31.2 Å². The molecule has 2 aromatic carbocycles. The number of hydrogen-bond donors (Lipinski definition) is 1. The van der Waals surface area contributed by atoms with Crippen LogP contribution >= 0.6 is 11.6 Å². The maximum absolute atomic E-state index is 13.3. The summed E-state index contributed by atoms with van der Waals surface area (Å²) in [6.45, 7) is 1.69. The summed E-state index contributed by atoms with van der Waals surface area (Å²) in [4.78, 5) is 12.9. The van der Waals surface area contributed by atoms with Crippen molar-refractivity contribution < 1.29 is 13.2 Å². The number of carbonyl (C=O) groups is 1. The average molecular weight is 433 g/mol. The molecule has 5 nitrogen and oxygen atoms in total. The van der Waals surface area contributed by atoms with Crippen molar-refractivity contribution in [3.8, 4) is 0 Å². The van der Waals surface area contributed by atoms with Gasteiger partial charge in [0.05, 0.1) is 10.6 Å². The van der Waals surface area contributed by atoms with E-state index in [0.717, 1.165) is 18.4 Å². The topological polar surface area (TPSA) is 66.5 Å². The highest BCUT2D eigenvalue weighted by molar-refractivity contribution is 7.92. The molecule has 1 amide bonds. The molecule has 2 saturated carbocycles. The highest BCUT2D eigenvalue weighted by Gasteiger charge is 2.40. The Labute approximate surface area is 177 Å². The van der Waals surface area contributed by atoms with Crippen molar-refractivity contribution in [2.24, 2.45) is 11.8 Å². The van der Waals surface area contributed by atoms with Crippen molar-refractivity contribution in [2.75, 3.05) is 10.8 Å². The highest BCUT2D eigenvalue weighted by atomic mass is 35.5. The van der Waals surface area contributed by atoms with E-state index in [4.69, 9.17) is 11.6 Å². The molecule has 4 rings (SSSR count). The van der Waals surface area contributed by atoms with Gasteiger partial charge in [-0.25, -0.2) is 8.42 Å². The lowest BCUT2D eigenvalue weighted by Gasteiger charge is -2.27. The lowest BCUT2D eigenvalue weighted by atomic mass is 9.95. The Kier molecular flexibility index (Phi) is 5.58. The van der Waals surface area contributed by atoms with Gasteiger partial charge >= 0.3 is 0 Å². The third kappa shape index (κ3) is 4.28. The van der Waals surface area contributed by atoms with Gasteiger partial charge in [-0.15, -0.1) is 0 Å². The Balaban J connectivity index is 1.59. The second kappa shape index (κ2) is 8.00. The summed E-state index contributed by atoms with van der Waals surface area (Å²) >= 11 is 5.91. The van der Waals surface area contributed by atoms with Crippen molar-refractivity contribution in [3.05, 3.63) is 59.1 Å². The third-order valence-corrected chi connectivity index (χ3v) is 8.14. The number of hydrogen-bond acceptors (Lipinski definition) is 3. The zero-order valence-corrected chi connectivity index (χ0v) is 17.9. The van der Waals surface area contributed by atoms with Crippen LogP contribution in [0.2, 0.25) is 5.02 Å². The quantitative estimate of drug-likeness (QED) is 0.745. The van der Waals surface area contributed by atoms with Crippen molar-refractivity contribution in [1.29, 1.82) is 0 Å². The average Bonchev–Trinajstić information content (AvgIpc) is 3.30. The first kappa shape index (κ1) is 20.2. The fourth-order valence-corrected chi connectivity index (χ4v) is 6.11. The summed E-state index contributed by atoms with van der Waals surface area (Å²) < 4.78 is 27.8. The van der Waals surface area contributed by atoms with Crippen LogP contribution in [0.15, 0.2) is 53.4 Å². The summed E-state index contributed by atoms with van der Waals surface area (Å²) in [5.41, 5.74) is 1.48. The zero-order chi connectivity index (χ0) is 20.6. The molecular formula is C22H25ClN2O3S. The molecule has 2 aromatic rings. The normalized spacial score (nSPS) is 23.2. The van der Waals surface area contributed by atoms with Crippen LogP contribution in [0.25, 0.3) is 0 Å². The Bertz CT molecular complexity index is 990. The molecule has 2 fully saturated rings. The molecular weight excluding hydrogens is 408 g/mol. The number of aryl methyl sites for hydroxylation is 1. The molecule has 0 spiro atoms. The van der Waals surface area contributed by atoms with Crippen LogP contribution in [-0.4, -0.2) is 26.9 Å². The minimum absolute atomic E-state index is 0.107. The van der Waals surface area contributed by atoms with Gasteiger partial charge in [0.1, 0.15) is 6.54 Å². The summed E-state index contributed by atoms with van der Waals surface area (Å²) in [6.07, 6.45) is 4.58. The molecule has 3 atom stereocenters. The molecule has 2 bridgehead atoms. The Morgan fingerprint density at radius 1 is 1.07 bits per heavy atom. The van der Waals surface area contributed by atoms with Crippen LogP contribution in [-0.2, 0) is 14.8 Å². The van der Waals surface area contributed by atoms with Gasteiger partial charge in [-0.3, -0.25) is 9.10 Å². The van der Waals surface area contributed by atoms with Crippen molar-refractivity contribution >= 4 is 33.2 Å². The predicted octanol–water partition coefficient (Wildman–Crippen LogP) is 4.15. The van der Waals surface area contributed by atoms with Crippen LogP contribution in [0.4, 0.5) is 5.69 Å². The first-order valence-electron chi connectivity index (χ1n) is 9.97. The van der Waals surface area contributed by atoms with Crippen LogP contribution in [0.3, 0.4) is 0 Å². The molecule has 154 valence electrons. The van der Waals surface area contributed by atoms with Crippen LogP contribution in [0, 0.1) is 18.8 Å². The second-order valence-electron chi connectivity index (χ2n) is 8.15. The summed E-state index contributed by atoms with van der Waals surface area (Å²) in [6, 6.07) is 13.3. The lowest BCUT2D eigenvalue weighted by Crippen LogP contribution is -2.46. The molecule has 0 heterocycles. The van der Waals surface area contributed by atoms with Crippen LogP contribution in [0.5, 0.6) is 0 Å². The molecule has 2 aliphatic rings. The van der Waals surface area contributed by atoms with E-state index >= 15 is 0 Å². The monoisotopic (exact) mass is 432 g/mol. The molecule has 0 aliphatic heterocycles. The van der Waals surface area contributed by atoms with Gasteiger partial charge in [-0.05, 0) is 74.4 Å². The van der Waals surface area contributed by atoms with Gasteiger partial charge in [0.15, 0.2) is 0 Å². The Morgan fingerprint density at radius 2 is 1.76 bits per heavy atom. The van der Waals surface area contributed by atoms with E-state index in [1.807, 2.05) is 19.1 Å². The summed E-state index contributed by atoms with van der Waals surface area (Å²) in [5, 5.41) is 3.55. The molecule has 0 radical (unpaired) electrons. The number of sulfonamides is 1. The number of nitrogens with zero attached hydrogens (tertiary/aromatic N) is 1. The number of anilines is 1. The van der Waals surface area contributed by atoms with E-state index in [2.05, 4.69) is 5.32 Å². The van der Waals surface area contributed by atoms with E-state index in [0.29, 0.717) is 22.5 Å². The van der Waals surface area contributed by atoms with Gasteiger partial charge in [0.2, 0.25) is 5.91 Å². The van der Waals surface area contributed by atoms with Crippen molar-refractivity contribution in [2.45, 2.75) is 43.5 Å². The number of benzene rings is 2. The SMILES string of the molecule is Cc1ccc(N(CC(=O)N[C@H]2C[C@H]3CC[C@H]2C3)S(=O)(=O)c2ccc(Cl)cc2)cc1. The van der Waals surface area contributed by atoms with E-state index in [1.165, 1.54) is 41.4 Å². The number of carbonyl (C=O) groups excluding carboxylic acids is 1. The summed E-state index contributed by atoms with van der Waals surface area (Å²) in [5.74, 6) is 0.974. The smallest absolute Gasteiger partial charge is 0.264 e. The molecule has 0 saturated heterocycles. The summed E-state index contributed by atoms with van der Waals surface area (Å²) in [7, 11) is -3.91. The number of amides is 1. The number of halogens is 1. The van der Waals surface area contributed by atoms with E-state index in [1.54, 1.807) is 12.1 Å².